The average molecular weight is 360 g/mol. The average Bonchev–Trinajstić information content (AvgIpc) is 3.06. The topological polar surface area (TPSA) is 91.0 Å². The molecular weight excluding hydrogens is 336 g/mol. The van der Waals surface area contributed by atoms with Gasteiger partial charge in [-0.2, -0.15) is 0 Å². The Labute approximate surface area is 152 Å². The molecule has 2 aliphatic heterocycles. The molecule has 1 atom stereocenters. The zero-order valence-electron chi connectivity index (χ0n) is 14.9. The summed E-state index contributed by atoms with van der Waals surface area (Å²) >= 11 is 0. The number of nitrogens with one attached hydrogen (secondary N) is 2. The van der Waals surface area contributed by atoms with Crippen LogP contribution in [0.15, 0.2) is 24.3 Å². The molecule has 8 heteroatoms. The third-order valence-electron chi connectivity index (χ3n) is 4.59. The van der Waals surface area contributed by atoms with Gasteiger partial charge >= 0.3 is 12.1 Å². The molecule has 0 spiro atoms. The molecule has 0 radical (unpaired) electrons. The van der Waals surface area contributed by atoms with Gasteiger partial charge in [-0.3, -0.25) is 9.69 Å². The number of urea groups is 1. The first kappa shape index (κ1) is 18.0. The van der Waals surface area contributed by atoms with Crippen LogP contribution in [0.2, 0.25) is 0 Å². The monoisotopic (exact) mass is 360 g/mol. The first-order valence-corrected chi connectivity index (χ1v) is 9.00. The normalized spacial score (nSPS) is 20.0. The Morgan fingerprint density at radius 2 is 2.19 bits per heavy atom. The Balaban J connectivity index is 1.70. The fourth-order valence-corrected chi connectivity index (χ4v) is 3.22. The number of cyclic esters (lactones) is 1. The molecule has 0 aliphatic carbocycles. The van der Waals surface area contributed by atoms with E-state index in [-0.39, 0.29) is 18.0 Å². The van der Waals surface area contributed by atoms with Crippen molar-refractivity contribution in [2.45, 2.75) is 32.2 Å². The van der Waals surface area contributed by atoms with Crippen molar-refractivity contribution in [3.63, 3.8) is 0 Å². The Hall–Kier alpha value is -2.77. The highest BCUT2D eigenvalue weighted by Gasteiger charge is 2.32. The van der Waals surface area contributed by atoms with Crippen molar-refractivity contribution in [3.8, 4) is 0 Å². The molecule has 0 saturated carbocycles. The van der Waals surface area contributed by atoms with Crippen LogP contribution in [0.3, 0.4) is 0 Å². The molecule has 2 heterocycles. The van der Waals surface area contributed by atoms with Crippen molar-refractivity contribution < 1.29 is 19.1 Å². The lowest BCUT2D eigenvalue weighted by Gasteiger charge is -2.35. The predicted molar refractivity (Wildman–Crippen MR) is 97.2 cm³/mol. The smallest absolute Gasteiger partial charge is 0.414 e. The third-order valence-corrected chi connectivity index (χ3v) is 4.59. The van der Waals surface area contributed by atoms with Crippen molar-refractivity contribution in [2.75, 3.05) is 36.5 Å². The van der Waals surface area contributed by atoms with E-state index in [0.29, 0.717) is 44.0 Å². The molecule has 1 aromatic carbocycles. The number of hydrogen-bond donors (Lipinski definition) is 2. The number of anilines is 2. The second-order valence-corrected chi connectivity index (χ2v) is 6.39. The van der Waals surface area contributed by atoms with E-state index in [2.05, 4.69) is 17.6 Å². The zero-order valence-corrected chi connectivity index (χ0v) is 14.9. The minimum atomic E-state index is -0.444. The molecule has 26 heavy (non-hydrogen) atoms. The quantitative estimate of drug-likeness (QED) is 0.842. The van der Waals surface area contributed by atoms with E-state index in [0.717, 1.165) is 12.8 Å². The van der Waals surface area contributed by atoms with Crippen molar-refractivity contribution >= 4 is 29.4 Å². The van der Waals surface area contributed by atoms with Gasteiger partial charge in [0.2, 0.25) is 5.91 Å². The van der Waals surface area contributed by atoms with Gasteiger partial charge in [0.15, 0.2) is 0 Å². The first-order valence-electron chi connectivity index (χ1n) is 9.00. The van der Waals surface area contributed by atoms with Gasteiger partial charge in [-0.15, -0.1) is 0 Å². The number of rotatable bonds is 5. The lowest BCUT2D eigenvalue weighted by Crippen LogP contribution is -2.58. The van der Waals surface area contributed by atoms with Gasteiger partial charge < -0.3 is 20.3 Å². The zero-order chi connectivity index (χ0) is 18.5. The van der Waals surface area contributed by atoms with Gasteiger partial charge in [0.1, 0.15) is 12.6 Å². The number of benzene rings is 1. The maximum absolute atomic E-state index is 12.7. The fraction of sp³-hybridized carbons (Fsp3) is 0.500. The number of carbonyl (C=O) groups is 3. The largest absolute Gasteiger partial charge is 0.447 e. The Bertz CT molecular complexity index is 694. The highest BCUT2D eigenvalue weighted by atomic mass is 16.6. The number of nitrogens with zero attached hydrogens (tertiary/aromatic N) is 2. The number of hydrogen-bond acceptors (Lipinski definition) is 4. The summed E-state index contributed by atoms with van der Waals surface area (Å²) in [6.45, 7) is 3.83. The van der Waals surface area contributed by atoms with Crippen molar-refractivity contribution in [2.24, 2.45) is 0 Å². The molecule has 2 aliphatic rings. The Morgan fingerprint density at radius 3 is 2.92 bits per heavy atom. The number of amides is 4. The van der Waals surface area contributed by atoms with Crippen LogP contribution in [0.5, 0.6) is 0 Å². The lowest BCUT2D eigenvalue weighted by atomic mass is 10.1. The van der Waals surface area contributed by atoms with Crippen LogP contribution < -0.4 is 15.5 Å². The molecule has 0 bridgehead atoms. The Morgan fingerprint density at radius 1 is 1.35 bits per heavy atom. The molecule has 0 aromatic heterocycles. The van der Waals surface area contributed by atoms with E-state index in [4.69, 9.17) is 4.74 Å². The van der Waals surface area contributed by atoms with Crippen LogP contribution in [-0.4, -0.2) is 55.2 Å². The van der Waals surface area contributed by atoms with Gasteiger partial charge in [-0.1, -0.05) is 25.8 Å². The minimum Gasteiger partial charge on any atom is -0.447 e. The van der Waals surface area contributed by atoms with Crippen molar-refractivity contribution in [3.05, 3.63) is 24.3 Å². The van der Waals surface area contributed by atoms with Crippen LogP contribution >= 0.6 is 0 Å². The molecule has 2 N–H and O–H groups in total. The molecule has 2 fully saturated rings. The number of carbonyl (C=O) groups excluding carboxylic acids is 3. The standard InChI is InChI=1S/C18H24N4O4/c1-2-3-7-15-16(23)19-8-9-22(15)17(24)20-13-5-4-6-14(12-13)21-10-11-26-18(21)25/h4-6,12,15H,2-3,7-11H2,1H3,(H,19,23)(H,20,24)/t15-/m1/s1. The minimum absolute atomic E-state index is 0.103. The van der Waals surface area contributed by atoms with Crippen LogP contribution in [-0.2, 0) is 9.53 Å². The first-order chi connectivity index (χ1) is 12.6. The summed E-state index contributed by atoms with van der Waals surface area (Å²) in [7, 11) is 0. The summed E-state index contributed by atoms with van der Waals surface area (Å²) in [6.07, 6.45) is 2.11. The van der Waals surface area contributed by atoms with Crippen molar-refractivity contribution in [1.82, 2.24) is 10.2 Å². The molecule has 2 saturated heterocycles. The van der Waals surface area contributed by atoms with Gasteiger partial charge in [-0.25, -0.2) is 9.59 Å². The second-order valence-electron chi connectivity index (χ2n) is 6.39. The van der Waals surface area contributed by atoms with E-state index in [1.807, 2.05) is 0 Å². The summed E-state index contributed by atoms with van der Waals surface area (Å²) in [5.74, 6) is -0.103. The molecular formula is C18H24N4O4. The lowest BCUT2D eigenvalue weighted by molar-refractivity contribution is -0.127. The Kier molecular flexibility index (Phi) is 5.60. The molecule has 3 rings (SSSR count). The summed E-state index contributed by atoms with van der Waals surface area (Å²) in [5, 5.41) is 5.67. The fourth-order valence-electron chi connectivity index (χ4n) is 3.22. The van der Waals surface area contributed by atoms with E-state index >= 15 is 0 Å². The number of piperazine rings is 1. The molecule has 8 nitrogen and oxygen atoms in total. The van der Waals surface area contributed by atoms with Crippen molar-refractivity contribution in [1.29, 1.82) is 0 Å². The van der Waals surface area contributed by atoms with Gasteiger partial charge in [0, 0.05) is 24.5 Å². The second kappa shape index (κ2) is 8.07. The molecule has 140 valence electrons. The summed E-state index contributed by atoms with van der Waals surface area (Å²) in [4.78, 5) is 39.7. The summed E-state index contributed by atoms with van der Waals surface area (Å²) in [6, 6.07) is 6.31. The maximum Gasteiger partial charge on any atom is 0.414 e. The molecule has 4 amide bonds. The van der Waals surface area contributed by atoms with Crippen LogP contribution in [0.4, 0.5) is 21.0 Å². The maximum atomic E-state index is 12.7. The summed E-state index contributed by atoms with van der Waals surface area (Å²) in [5.41, 5.74) is 1.25. The number of ether oxygens (including phenoxy) is 1. The van der Waals surface area contributed by atoms with E-state index < -0.39 is 6.04 Å². The number of unbranched alkanes of at least 4 members (excludes halogenated alkanes) is 1. The predicted octanol–water partition coefficient (Wildman–Crippen LogP) is 2.17. The van der Waals surface area contributed by atoms with E-state index in [1.54, 1.807) is 29.2 Å². The van der Waals surface area contributed by atoms with Crippen LogP contribution in [0.1, 0.15) is 26.2 Å². The summed E-state index contributed by atoms with van der Waals surface area (Å²) < 4.78 is 4.95. The van der Waals surface area contributed by atoms with Crippen LogP contribution in [0.25, 0.3) is 0 Å². The third kappa shape index (κ3) is 3.89. The van der Waals surface area contributed by atoms with Gasteiger partial charge in [-0.05, 0) is 24.6 Å². The van der Waals surface area contributed by atoms with E-state index in [9.17, 15) is 14.4 Å². The SMILES string of the molecule is CCCC[C@@H]1C(=O)NCCN1C(=O)Nc1cccc(N2CCOC2=O)c1. The molecule has 0 unspecified atom stereocenters. The van der Waals surface area contributed by atoms with Gasteiger partial charge in [0.25, 0.3) is 0 Å². The van der Waals surface area contributed by atoms with E-state index in [1.165, 1.54) is 4.90 Å². The molecule has 1 aromatic rings. The highest BCUT2D eigenvalue weighted by Crippen LogP contribution is 2.23. The van der Waals surface area contributed by atoms with Gasteiger partial charge in [0.05, 0.1) is 6.54 Å². The highest BCUT2D eigenvalue weighted by molar-refractivity contribution is 5.96. The van der Waals surface area contributed by atoms with Crippen LogP contribution in [0, 0.1) is 0 Å².